The molecule has 2 aromatic rings. The third kappa shape index (κ3) is 5.60. The Hall–Kier alpha value is -2.77. The highest BCUT2D eigenvalue weighted by Crippen LogP contribution is 2.17. The minimum absolute atomic E-state index is 0.106. The number of amides is 1. The molecule has 146 valence electrons. The molecule has 27 heavy (non-hydrogen) atoms. The molecule has 0 unspecified atom stereocenters. The van der Waals surface area contributed by atoms with Crippen LogP contribution in [0.5, 0.6) is 0 Å². The van der Waals surface area contributed by atoms with Gasteiger partial charge in [0.2, 0.25) is 5.91 Å². The third-order valence-corrected chi connectivity index (χ3v) is 4.12. The SMILES string of the molecule is CCOC(=O)CCCNC(=O)Cc1c(C)nn(-c2nc(C)cc(C)n2)c1C. The Balaban J connectivity index is 2.00. The van der Waals surface area contributed by atoms with Crippen LogP contribution >= 0.6 is 0 Å². The fourth-order valence-electron chi connectivity index (χ4n) is 2.84. The smallest absolute Gasteiger partial charge is 0.305 e. The Labute approximate surface area is 159 Å². The minimum atomic E-state index is -0.242. The summed E-state index contributed by atoms with van der Waals surface area (Å²) in [5.74, 6) is 0.160. The largest absolute Gasteiger partial charge is 0.466 e. The molecule has 0 bridgehead atoms. The highest BCUT2D eigenvalue weighted by atomic mass is 16.5. The van der Waals surface area contributed by atoms with Gasteiger partial charge in [-0.25, -0.2) is 14.6 Å². The van der Waals surface area contributed by atoms with E-state index in [1.807, 2.05) is 33.8 Å². The summed E-state index contributed by atoms with van der Waals surface area (Å²) in [6.07, 6.45) is 1.08. The van der Waals surface area contributed by atoms with Gasteiger partial charge in [0.1, 0.15) is 0 Å². The molecule has 2 rings (SSSR count). The second-order valence-corrected chi connectivity index (χ2v) is 6.45. The van der Waals surface area contributed by atoms with E-state index in [-0.39, 0.29) is 18.3 Å². The lowest BCUT2D eigenvalue weighted by Crippen LogP contribution is -2.27. The van der Waals surface area contributed by atoms with Crippen LogP contribution in [0.1, 0.15) is 48.1 Å². The number of esters is 1. The van der Waals surface area contributed by atoms with Gasteiger partial charge in [-0.05, 0) is 47.1 Å². The molecule has 8 nitrogen and oxygen atoms in total. The quantitative estimate of drug-likeness (QED) is 0.560. The summed E-state index contributed by atoms with van der Waals surface area (Å²) in [5.41, 5.74) is 4.22. The molecule has 0 saturated heterocycles. The first-order chi connectivity index (χ1) is 12.8. The first-order valence-corrected chi connectivity index (χ1v) is 9.11. The average Bonchev–Trinajstić information content (AvgIpc) is 2.86. The molecule has 0 atom stereocenters. The topological polar surface area (TPSA) is 99.0 Å². The fourth-order valence-corrected chi connectivity index (χ4v) is 2.84. The van der Waals surface area contributed by atoms with E-state index in [1.54, 1.807) is 11.6 Å². The molecule has 0 saturated carbocycles. The van der Waals surface area contributed by atoms with E-state index in [0.717, 1.165) is 28.3 Å². The second-order valence-electron chi connectivity index (χ2n) is 6.45. The van der Waals surface area contributed by atoms with Gasteiger partial charge in [0.15, 0.2) is 0 Å². The third-order valence-electron chi connectivity index (χ3n) is 4.12. The molecule has 8 heteroatoms. The summed E-state index contributed by atoms with van der Waals surface area (Å²) >= 11 is 0. The van der Waals surface area contributed by atoms with Crippen molar-refractivity contribution in [1.29, 1.82) is 0 Å². The van der Waals surface area contributed by atoms with Gasteiger partial charge in [0, 0.05) is 35.6 Å². The lowest BCUT2D eigenvalue weighted by molar-refractivity contribution is -0.143. The second kappa shape index (κ2) is 9.25. The summed E-state index contributed by atoms with van der Waals surface area (Å²) in [6.45, 7) is 10.2. The molecular weight excluding hydrogens is 346 g/mol. The van der Waals surface area contributed by atoms with Crippen LogP contribution in [0.4, 0.5) is 0 Å². The molecule has 0 aliphatic carbocycles. The number of hydrogen-bond acceptors (Lipinski definition) is 6. The predicted octanol–water partition coefficient (Wildman–Crippen LogP) is 1.90. The number of nitrogens with one attached hydrogen (secondary N) is 1. The highest BCUT2D eigenvalue weighted by Gasteiger charge is 2.17. The van der Waals surface area contributed by atoms with E-state index in [9.17, 15) is 9.59 Å². The van der Waals surface area contributed by atoms with E-state index < -0.39 is 0 Å². The molecule has 0 spiro atoms. The van der Waals surface area contributed by atoms with Crippen LogP contribution in [0, 0.1) is 27.7 Å². The summed E-state index contributed by atoms with van der Waals surface area (Å²) in [6, 6.07) is 1.90. The van der Waals surface area contributed by atoms with Crippen molar-refractivity contribution in [3.63, 3.8) is 0 Å². The Morgan fingerprint density at radius 3 is 2.44 bits per heavy atom. The summed E-state index contributed by atoms with van der Waals surface area (Å²) in [5, 5.41) is 7.34. The van der Waals surface area contributed by atoms with Gasteiger partial charge in [-0.15, -0.1) is 0 Å². The molecular formula is C19H27N5O3. The van der Waals surface area contributed by atoms with Crippen molar-refractivity contribution in [3.05, 3.63) is 34.4 Å². The minimum Gasteiger partial charge on any atom is -0.466 e. The predicted molar refractivity (Wildman–Crippen MR) is 101 cm³/mol. The van der Waals surface area contributed by atoms with E-state index in [4.69, 9.17) is 4.74 Å². The van der Waals surface area contributed by atoms with Crippen molar-refractivity contribution in [2.75, 3.05) is 13.2 Å². The van der Waals surface area contributed by atoms with E-state index >= 15 is 0 Å². The molecule has 1 N–H and O–H groups in total. The van der Waals surface area contributed by atoms with Gasteiger partial charge < -0.3 is 10.1 Å². The lowest BCUT2D eigenvalue weighted by Gasteiger charge is -2.07. The van der Waals surface area contributed by atoms with Gasteiger partial charge in [0.25, 0.3) is 5.95 Å². The van der Waals surface area contributed by atoms with E-state index in [2.05, 4.69) is 20.4 Å². The van der Waals surface area contributed by atoms with Crippen LogP contribution in [0.3, 0.4) is 0 Å². The van der Waals surface area contributed by atoms with Crippen molar-refractivity contribution in [1.82, 2.24) is 25.1 Å². The summed E-state index contributed by atoms with van der Waals surface area (Å²) < 4.78 is 6.54. The van der Waals surface area contributed by atoms with E-state index in [1.165, 1.54) is 0 Å². The van der Waals surface area contributed by atoms with Crippen LogP contribution in [0.2, 0.25) is 0 Å². The summed E-state index contributed by atoms with van der Waals surface area (Å²) in [7, 11) is 0. The van der Waals surface area contributed by atoms with Gasteiger partial charge in [-0.1, -0.05) is 0 Å². The van der Waals surface area contributed by atoms with Crippen LogP contribution in [0.25, 0.3) is 5.95 Å². The standard InChI is InChI=1S/C19H27N5O3/c1-6-27-18(26)8-7-9-20-17(25)11-16-14(4)23-24(15(16)5)19-21-12(2)10-13(3)22-19/h10H,6-9,11H2,1-5H3,(H,20,25). The van der Waals surface area contributed by atoms with Gasteiger partial charge in [0.05, 0.1) is 18.7 Å². The van der Waals surface area contributed by atoms with Crippen LogP contribution in [-0.4, -0.2) is 44.8 Å². The van der Waals surface area contributed by atoms with Crippen LogP contribution in [-0.2, 0) is 20.7 Å². The monoisotopic (exact) mass is 373 g/mol. The number of nitrogens with zero attached hydrogens (tertiary/aromatic N) is 4. The molecule has 0 aromatic carbocycles. The van der Waals surface area contributed by atoms with Crippen molar-refractivity contribution in [2.24, 2.45) is 0 Å². The van der Waals surface area contributed by atoms with Crippen molar-refractivity contribution in [2.45, 2.75) is 53.9 Å². The first kappa shape index (κ1) is 20.5. The fraction of sp³-hybridized carbons (Fsp3) is 0.526. The van der Waals surface area contributed by atoms with Crippen LogP contribution in [0.15, 0.2) is 6.07 Å². The van der Waals surface area contributed by atoms with E-state index in [0.29, 0.717) is 31.9 Å². The van der Waals surface area contributed by atoms with Crippen LogP contribution < -0.4 is 5.32 Å². The molecule has 0 aliphatic heterocycles. The Morgan fingerprint density at radius 2 is 1.81 bits per heavy atom. The number of carbonyl (C=O) groups excluding carboxylic acids is 2. The average molecular weight is 373 g/mol. The number of rotatable bonds is 8. The maximum Gasteiger partial charge on any atom is 0.305 e. The van der Waals surface area contributed by atoms with Crippen molar-refractivity contribution < 1.29 is 14.3 Å². The number of aromatic nitrogens is 4. The van der Waals surface area contributed by atoms with Crippen molar-refractivity contribution >= 4 is 11.9 Å². The Morgan fingerprint density at radius 1 is 1.15 bits per heavy atom. The molecule has 0 fully saturated rings. The summed E-state index contributed by atoms with van der Waals surface area (Å²) in [4.78, 5) is 32.4. The molecule has 2 aromatic heterocycles. The van der Waals surface area contributed by atoms with Crippen molar-refractivity contribution in [3.8, 4) is 5.95 Å². The molecule has 0 radical (unpaired) electrons. The van der Waals surface area contributed by atoms with Gasteiger partial charge >= 0.3 is 5.97 Å². The molecule has 0 aliphatic rings. The number of ether oxygens (including phenoxy) is 1. The Kier molecular flexibility index (Phi) is 7.04. The van der Waals surface area contributed by atoms with Gasteiger partial charge in [-0.2, -0.15) is 5.10 Å². The molecule has 2 heterocycles. The zero-order valence-corrected chi connectivity index (χ0v) is 16.6. The first-order valence-electron chi connectivity index (χ1n) is 9.11. The number of carbonyl (C=O) groups is 2. The lowest BCUT2D eigenvalue weighted by atomic mass is 10.1. The zero-order valence-electron chi connectivity index (χ0n) is 16.6. The Bertz CT molecular complexity index is 809. The zero-order chi connectivity index (χ0) is 20.0. The molecule has 1 amide bonds. The normalized spacial score (nSPS) is 10.7. The maximum atomic E-state index is 12.2. The van der Waals surface area contributed by atoms with Gasteiger partial charge in [-0.3, -0.25) is 9.59 Å². The number of aryl methyl sites for hydroxylation is 3. The number of hydrogen-bond donors (Lipinski definition) is 1. The highest BCUT2D eigenvalue weighted by molar-refractivity contribution is 5.79. The maximum absolute atomic E-state index is 12.2.